The summed E-state index contributed by atoms with van der Waals surface area (Å²) in [5, 5.41) is 10.7. The zero-order valence-corrected chi connectivity index (χ0v) is 15.4. The van der Waals surface area contributed by atoms with Crippen molar-refractivity contribution in [1.82, 2.24) is 0 Å². The molecule has 1 aromatic rings. The van der Waals surface area contributed by atoms with E-state index in [9.17, 15) is 5.11 Å². The predicted octanol–water partition coefficient (Wildman–Crippen LogP) is 5.84. The first-order valence-corrected chi connectivity index (χ1v) is 9.59. The van der Waals surface area contributed by atoms with Gasteiger partial charge in [0.1, 0.15) is 11.5 Å². The van der Waals surface area contributed by atoms with Gasteiger partial charge in [-0.1, -0.05) is 57.8 Å². The van der Waals surface area contributed by atoms with Crippen LogP contribution in [-0.2, 0) is 0 Å². The van der Waals surface area contributed by atoms with E-state index in [2.05, 4.69) is 4.99 Å². The Morgan fingerprint density at radius 2 is 1.50 bits per heavy atom. The van der Waals surface area contributed by atoms with Crippen LogP contribution < -0.4 is 4.74 Å². The van der Waals surface area contributed by atoms with Crippen LogP contribution >= 0.6 is 0 Å². The van der Waals surface area contributed by atoms with Crippen molar-refractivity contribution in [2.45, 2.75) is 76.5 Å². The van der Waals surface area contributed by atoms with Crippen LogP contribution in [0, 0.1) is 0 Å². The quantitative estimate of drug-likeness (QED) is 0.707. The van der Waals surface area contributed by atoms with Gasteiger partial charge in [0.15, 0.2) is 0 Å². The number of hydrogen-bond donors (Lipinski definition) is 1. The summed E-state index contributed by atoms with van der Waals surface area (Å²) in [6.45, 7) is 0. The van der Waals surface area contributed by atoms with E-state index in [4.69, 9.17) is 4.74 Å². The van der Waals surface area contributed by atoms with Gasteiger partial charge in [-0.2, -0.15) is 0 Å². The normalized spacial score (nSPS) is 18.9. The maximum absolute atomic E-state index is 10.7. The molecule has 0 aromatic heterocycles. The summed E-state index contributed by atoms with van der Waals surface area (Å²) >= 11 is 0. The molecule has 1 aromatic carbocycles. The molecule has 0 atom stereocenters. The number of phenols is 1. The lowest BCUT2D eigenvalue weighted by Gasteiger charge is -2.21. The SMILES string of the molecule is CN=Cc1cc(OC)cc(C2CCCCCCCCCCC2)c1O. The Labute approximate surface area is 147 Å². The summed E-state index contributed by atoms with van der Waals surface area (Å²) in [6, 6.07) is 3.89. The lowest BCUT2D eigenvalue weighted by molar-refractivity contribution is 0.404. The molecule has 1 aliphatic carbocycles. The van der Waals surface area contributed by atoms with Gasteiger partial charge in [-0.05, 0) is 30.9 Å². The smallest absolute Gasteiger partial charge is 0.128 e. The number of aliphatic imine (C=N–C) groups is 1. The van der Waals surface area contributed by atoms with E-state index in [0.717, 1.165) is 29.7 Å². The van der Waals surface area contributed by atoms with Gasteiger partial charge in [-0.25, -0.2) is 0 Å². The highest BCUT2D eigenvalue weighted by Gasteiger charge is 2.19. The average Bonchev–Trinajstić information content (AvgIpc) is 2.58. The fourth-order valence-corrected chi connectivity index (χ4v) is 3.79. The first-order chi connectivity index (χ1) is 11.8. The Bertz CT molecular complexity index is 513. The number of phenolic OH excluding ortho intramolecular Hbond substituents is 1. The lowest BCUT2D eigenvalue weighted by atomic mass is 9.86. The Hall–Kier alpha value is -1.51. The third-order valence-corrected chi connectivity index (χ3v) is 5.19. The average molecular weight is 332 g/mol. The fraction of sp³-hybridized carbons (Fsp3) is 0.667. The fourth-order valence-electron chi connectivity index (χ4n) is 3.79. The van der Waals surface area contributed by atoms with E-state index < -0.39 is 0 Å². The van der Waals surface area contributed by atoms with Crippen LogP contribution in [-0.4, -0.2) is 25.5 Å². The van der Waals surface area contributed by atoms with Crippen LogP contribution in [0.25, 0.3) is 0 Å². The van der Waals surface area contributed by atoms with Crippen LogP contribution in [0.3, 0.4) is 0 Å². The van der Waals surface area contributed by atoms with Gasteiger partial charge < -0.3 is 9.84 Å². The van der Waals surface area contributed by atoms with Crippen molar-refractivity contribution in [2.24, 2.45) is 4.99 Å². The van der Waals surface area contributed by atoms with Crippen molar-refractivity contribution in [2.75, 3.05) is 14.2 Å². The van der Waals surface area contributed by atoms with Crippen LogP contribution in [0.4, 0.5) is 0 Å². The molecular formula is C21H33NO2. The van der Waals surface area contributed by atoms with Gasteiger partial charge in [0.2, 0.25) is 0 Å². The van der Waals surface area contributed by atoms with Gasteiger partial charge in [0.05, 0.1) is 7.11 Å². The van der Waals surface area contributed by atoms with Crippen LogP contribution in [0.5, 0.6) is 11.5 Å². The van der Waals surface area contributed by atoms with E-state index >= 15 is 0 Å². The molecule has 0 heterocycles. The Balaban J connectivity index is 2.21. The monoisotopic (exact) mass is 331 g/mol. The number of benzene rings is 1. The summed E-state index contributed by atoms with van der Waals surface area (Å²) < 4.78 is 5.45. The number of aromatic hydroxyl groups is 1. The number of nitrogens with zero attached hydrogens (tertiary/aromatic N) is 1. The minimum atomic E-state index is 0.387. The molecule has 1 fully saturated rings. The van der Waals surface area contributed by atoms with Crippen molar-refractivity contribution < 1.29 is 9.84 Å². The van der Waals surface area contributed by atoms with E-state index in [1.54, 1.807) is 20.4 Å². The summed E-state index contributed by atoms with van der Waals surface area (Å²) in [6.07, 6.45) is 16.0. The summed E-state index contributed by atoms with van der Waals surface area (Å²) in [4.78, 5) is 4.07. The topological polar surface area (TPSA) is 41.8 Å². The largest absolute Gasteiger partial charge is 0.507 e. The number of ether oxygens (including phenoxy) is 1. The van der Waals surface area contributed by atoms with Crippen molar-refractivity contribution in [3.8, 4) is 11.5 Å². The molecule has 24 heavy (non-hydrogen) atoms. The molecule has 2 rings (SSSR count). The Morgan fingerprint density at radius 3 is 2.00 bits per heavy atom. The molecule has 3 heteroatoms. The van der Waals surface area contributed by atoms with E-state index in [-0.39, 0.29) is 0 Å². The van der Waals surface area contributed by atoms with Gasteiger partial charge in [-0.15, -0.1) is 0 Å². The van der Waals surface area contributed by atoms with Crippen molar-refractivity contribution in [1.29, 1.82) is 0 Å². The van der Waals surface area contributed by atoms with Gasteiger partial charge in [-0.3, -0.25) is 4.99 Å². The van der Waals surface area contributed by atoms with Gasteiger partial charge in [0.25, 0.3) is 0 Å². The van der Waals surface area contributed by atoms with Crippen LogP contribution in [0.2, 0.25) is 0 Å². The number of methoxy groups -OCH3 is 1. The Kier molecular flexibility index (Phi) is 8.14. The van der Waals surface area contributed by atoms with Gasteiger partial charge >= 0.3 is 0 Å². The van der Waals surface area contributed by atoms with Crippen molar-refractivity contribution in [3.63, 3.8) is 0 Å². The molecule has 1 saturated carbocycles. The molecule has 0 unspecified atom stereocenters. The van der Waals surface area contributed by atoms with E-state index in [0.29, 0.717) is 11.7 Å². The second kappa shape index (κ2) is 10.4. The number of hydrogen-bond acceptors (Lipinski definition) is 3. The maximum Gasteiger partial charge on any atom is 0.128 e. The molecule has 0 aliphatic heterocycles. The zero-order valence-electron chi connectivity index (χ0n) is 15.4. The zero-order chi connectivity index (χ0) is 17.2. The molecule has 0 bridgehead atoms. The summed E-state index contributed by atoms with van der Waals surface area (Å²) in [7, 11) is 3.42. The molecule has 134 valence electrons. The number of rotatable bonds is 3. The van der Waals surface area contributed by atoms with Crippen LogP contribution in [0.1, 0.15) is 87.7 Å². The van der Waals surface area contributed by atoms with Crippen LogP contribution in [0.15, 0.2) is 17.1 Å². The molecule has 0 amide bonds. The first-order valence-electron chi connectivity index (χ1n) is 9.59. The third kappa shape index (κ3) is 5.54. The summed E-state index contributed by atoms with van der Waals surface area (Å²) in [5.41, 5.74) is 1.80. The molecule has 1 aliphatic rings. The standard InChI is InChI=1S/C21H33NO2/c1-22-16-18-14-19(24-2)15-20(21(18)23)17-12-10-8-6-4-3-5-7-9-11-13-17/h14-17,23H,3-13H2,1-2H3. The van der Waals surface area contributed by atoms with Crippen molar-refractivity contribution >= 4 is 6.21 Å². The predicted molar refractivity (Wildman–Crippen MR) is 102 cm³/mol. The lowest BCUT2D eigenvalue weighted by Crippen LogP contribution is -2.03. The Morgan fingerprint density at radius 1 is 0.958 bits per heavy atom. The molecule has 0 spiro atoms. The first kappa shape index (κ1) is 18.8. The third-order valence-electron chi connectivity index (χ3n) is 5.19. The maximum atomic E-state index is 10.7. The minimum absolute atomic E-state index is 0.387. The van der Waals surface area contributed by atoms with E-state index in [1.807, 2.05) is 12.1 Å². The van der Waals surface area contributed by atoms with E-state index in [1.165, 1.54) is 57.8 Å². The molecule has 3 nitrogen and oxygen atoms in total. The second-order valence-electron chi connectivity index (χ2n) is 7.00. The highest BCUT2D eigenvalue weighted by Crippen LogP contribution is 2.38. The molecule has 0 radical (unpaired) electrons. The second-order valence-corrected chi connectivity index (χ2v) is 7.00. The molecular weight excluding hydrogens is 298 g/mol. The molecule has 0 saturated heterocycles. The minimum Gasteiger partial charge on any atom is -0.507 e. The summed E-state index contributed by atoms with van der Waals surface area (Å²) in [5.74, 6) is 1.62. The van der Waals surface area contributed by atoms with Crippen molar-refractivity contribution in [3.05, 3.63) is 23.3 Å². The highest BCUT2D eigenvalue weighted by molar-refractivity contribution is 5.85. The highest BCUT2D eigenvalue weighted by atomic mass is 16.5. The molecule has 1 N–H and O–H groups in total. The van der Waals surface area contributed by atoms with Gasteiger partial charge in [0, 0.05) is 24.4 Å².